The molecule has 1 atom stereocenters. The predicted molar refractivity (Wildman–Crippen MR) is 125 cm³/mol. The lowest BCUT2D eigenvalue weighted by Gasteiger charge is -2.38. The molecule has 5 nitrogen and oxygen atoms in total. The highest BCUT2D eigenvalue weighted by Gasteiger charge is 2.42. The molecule has 7 heteroatoms. The number of aromatic amines is 1. The van der Waals surface area contributed by atoms with Gasteiger partial charge < -0.3 is 10.3 Å². The Kier molecular flexibility index (Phi) is 5.70. The standard InChI is InChI=1S/C23H26BrN3O2S/c1-12(2)11-30-22-26-20-19(21(29)27-22)17(13-5-7-14(24)8-6-13)18-15(25-20)9-23(3,4)10-16(18)28/h5-8,12,17H,9-11H2,1-4H3,(H2,25,26,27,29). The number of H-pyrrole nitrogens is 1. The van der Waals surface area contributed by atoms with E-state index < -0.39 is 5.92 Å². The molecule has 0 spiro atoms. The molecule has 0 saturated heterocycles. The van der Waals surface area contributed by atoms with Crippen LogP contribution < -0.4 is 10.9 Å². The number of hydrogen-bond donors (Lipinski definition) is 2. The lowest BCUT2D eigenvalue weighted by atomic mass is 9.69. The van der Waals surface area contributed by atoms with Crippen molar-refractivity contribution in [3.8, 4) is 0 Å². The minimum Gasteiger partial charge on any atom is -0.343 e. The summed E-state index contributed by atoms with van der Waals surface area (Å²) in [6.07, 6.45) is 1.23. The topological polar surface area (TPSA) is 74.8 Å². The SMILES string of the molecule is CC(C)CSc1nc2c(c(=O)[nH]1)C(c1ccc(Br)cc1)C1=C(CC(C)(C)CC1=O)N2. The van der Waals surface area contributed by atoms with Gasteiger partial charge in [0.25, 0.3) is 5.56 Å². The van der Waals surface area contributed by atoms with Gasteiger partial charge in [0.15, 0.2) is 10.9 Å². The second-order valence-electron chi connectivity index (χ2n) is 9.28. The lowest BCUT2D eigenvalue weighted by molar-refractivity contribution is -0.118. The Morgan fingerprint density at radius 3 is 2.57 bits per heavy atom. The Bertz CT molecular complexity index is 1090. The van der Waals surface area contributed by atoms with E-state index in [1.54, 1.807) is 11.8 Å². The largest absolute Gasteiger partial charge is 0.343 e. The second-order valence-corrected chi connectivity index (χ2v) is 11.2. The predicted octanol–water partition coefficient (Wildman–Crippen LogP) is 5.48. The van der Waals surface area contributed by atoms with Crippen molar-refractivity contribution in [3.63, 3.8) is 0 Å². The number of carbonyl (C=O) groups is 1. The van der Waals surface area contributed by atoms with Crippen LogP contribution in [0.2, 0.25) is 0 Å². The van der Waals surface area contributed by atoms with Gasteiger partial charge in [-0.1, -0.05) is 67.5 Å². The molecule has 0 saturated carbocycles. The molecule has 4 rings (SSSR count). The monoisotopic (exact) mass is 487 g/mol. The van der Waals surface area contributed by atoms with Crippen LogP contribution in [0.1, 0.15) is 57.6 Å². The summed E-state index contributed by atoms with van der Waals surface area (Å²) in [7, 11) is 0. The van der Waals surface area contributed by atoms with Gasteiger partial charge in [-0.15, -0.1) is 0 Å². The van der Waals surface area contributed by atoms with E-state index in [-0.39, 0.29) is 16.8 Å². The van der Waals surface area contributed by atoms with Gasteiger partial charge in [-0.05, 0) is 35.4 Å². The summed E-state index contributed by atoms with van der Waals surface area (Å²) in [5.41, 5.74) is 2.75. The van der Waals surface area contributed by atoms with Gasteiger partial charge in [-0.3, -0.25) is 9.59 Å². The van der Waals surface area contributed by atoms with Gasteiger partial charge in [0.1, 0.15) is 5.82 Å². The first-order valence-corrected chi connectivity index (χ1v) is 12.0. The number of hydrogen-bond acceptors (Lipinski definition) is 5. The molecule has 0 fully saturated rings. The van der Waals surface area contributed by atoms with Crippen molar-refractivity contribution < 1.29 is 4.79 Å². The third kappa shape index (κ3) is 4.14. The van der Waals surface area contributed by atoms with E-state index in [2.05, 4.69) is 53.9 Å². The van der Waals surface area contributed by atoms with E-state index in [4.69, 9.17) is 4.98 Å². The van der Waals surface area contributed by atoms with Crippen LogP contribution in [0.25, 0.3) is 0 Å². The Labute approximate surface area is 189 Å². The number of thioether (sulfide) groups is 1. The molecule has 1 aliphatic carbocycles. The molecule has 1 aromatic carbocycles. The van der Waals surface area contributed by atoms with Gasteiger partial charge in [-0.25, -0.2) is 4.98 Å². The highest BCUT2D eigenvalue weighted by molar-refractivity contribution is 9.10. The number of allylic oxidation sites excluding steroid dienone is 2. The summed E-state index contributed by atoms with van der Waals surface area (Å²) in [5.74, 6) is 1.63. The summed E-state index contributed by atoms with van der Waals surface area (Å²) in [4.78, 5) is 34.1. The van der Waals surface area contributed by atoms with Crippen LogP contribution >= 0.6 is 27.7 Å². The average molecular weight is 488 g/mol. The molecule has 2 aromatic rings. The zero-order chi connectivity index (χ0) is 21.6. The van der Waals surface area contributed by atoms with Crippen molar-refractivity contribution in [3.05, 3.63) is 61.5 Å². The number of aromatic nitrogens is 2. The van der Waals surface area contributed by atoms with Crippen molar-refractivity contribution in [1.29, 1.82) is 0 Å². The Balaban J connectivity index is 1.88. The van der Waals surface area contributed by atoms with Crippen LogP contribution in [0.3, 0.4) is 0 Å². The Morgan fingerprint density at radius 2 is 1.90 bits per heavy atom. The number of Topliss-reactive ketones (excluding diaryl/α,β-unsaturated/α-hetero) is 1. The zero-order valence-corrected chi connectivity index (χ0v) is 20.0. The molecule has 1 unspecified atom stereocenters. The molecule has 158 valence electrons. The molecule has 0 amide bonds. The fourth-order valence-corrected chi connectivity index (χ4v) is 5.27. The van der Waals surface area contributed by atoms with E-state index >= 15 is 0 Å². The van der Waals surface area contributed by atoms with E-state index in [1.807, 2.05) is 24.3 Å². The number of halogens is 1. The summed E-state index contributed by atoms with van der Waals surface area (Å²) in [6, 6.07) is 7.84. The third-order valence-corrected chi connectivity index (χ3v) is 7.29. The number of nitrogens with zero attached hydrogens (tertiary/aromatic N) is 1. The molecule has 2 heterocycles. The van der Waals surface area contributed by atoms with Crippen LogP contribution in [-0.2, 0) is 4.79 Å². The number of rotatable bonds is 4. The molecule has 1 aliphatic heterocycles. The fourth-order valence-electron chi connectivity index (χ4n) is 4.20. The van der Waals surface area contributed by atoms with Gasteiger partial charge in [0.05, 0.1) is 5.56 Å². The van der Waals surface area contributed by atoms with Crippen molar-refractivity contribution in [2.24, 2.45) is 11.3 Å². The smallest absolute Gasteiger partial charge is 0.257 e. The first-order valence-electron chi connectivity index (χ1n) is 10.2. The highest BCUT2D eigenvalue weighted by atomic mass is 79.9. The number of benzene rings is 1. The van der Waals surface area contributed by atoms with Crippen molar-refractivity contribution >= 4 is 39.3 Å². The number of nitrogens with one attached hydrogen (secondary N) is 2. The van der Waals surface area contributed by atoms with E-state index in [0.29, 0.717) is 34.4 Å². The van der Waals surface area contributed by atoms with Gasteiger partial charge in [-0.2, -0.15) is 0 Å². The molecule has 1 aromatic heterocycles. The quantitative estimate of drug-likeness (QED) is 0.440. The van der Waals surface area contributed by atoms with Crippen LogP contribution in [0, 0.1) is 11.3 Å². The summed E-state index contributed by atoms with van der Waals surface area (Å²) < 4.78 is 0.957. The summed E-state index contributed by atoms with van der Waals surface area (Å²) in [6.45, 7) is 8.49. The molecule has 30 heavy (non-hydrogen) atoms. The Hall–Kier alpha value is -1.86. The molecular formula is C23H26BrN3O2S. The van der Waals surface area contributed by atoms with E-state index in [1.165, 1.54) is 0 Å². The average Bonchev–Trinajstić information content (AvgIpc) is 2.64. The number of fused-ring (bicyclic) bond motifs is 1. The lowest BCUT2D eigenvalue weighted by Crippen LogP contribution is -2.37. The van der Waals surface area contributed by atoms with Crippen molar-refractivity contribution in [2.45, 2.75) is 51.6 Å². The first-order chi connectivity index (χ1) is 14.1. The maximum atomic E-state index is 13.2. The molecule has 2 aliphatic rings. The first kappa shape index (κ1) is 21.4. The Morgan fingerprint density at radius 1 is 1.20 bits per heavy atom. The normalized spacial score (nSPS) is 20.1. The molecular weight excluding hydrogens is 462 g/mol. The zero-order valence-electron chi connectivity index (χ0n) is 17.6. The number of carbonyl (C=O) groups excluding carboxylic acids is 1. The molecule has 0 bridgehead atoms. The molecule has 0 radical (unpaired) electrons. The van der Waals surface area contributed by atoms with Gasteiger partial charge >= 0.3 is 0 Å². The van der Waals surface area contributed by atoms with Gasteiger partial charge in [0.2, 0.25) is 0 Å². The number of ketones is 1. The minimum atomic E-state index is -0.409. The maximum absolute atomic E-state index is 13.2. The van der Waals surface area contributed by atoms with Crippen molar-refractivity contribution in [1.82, 2.24) is 9.97 Å². The highest BCUT2D eigenvalue weighted by Crippen LogP contribution is 2.47. The summed E-state index contributed by atoms with van der Waals surface area (Å²) >= 11 is 5.02. The van der Waals surface area contributed by atoms with Crippen LogP contribution in [-0.4, -0.2) is 21.5 Å². The van der Waals surface area contributed by atoms with Crippen LogP contribution in [0.5, 0.6) is 0 Å². The third-order valence-electron chi connectivity index (χ3n) is 5.46. The fraction of sp³-hybridized carbons (Fsp3) is 0.435. The second kappa shape index (κ2) is 8.00. The van der Waals surface area contributed by atoms with Crippen LogP contribution in [0.4, 0.5) is 5.82 Å². The van der Waals surface area contributed by atoms with Crippen molar-refractivity contribution in [2.75, 3.05) is 11.1 Å². The van der Waals surface area contributed by atoms with E-state index in [9.17, 15) is 9.59 Å². The van der Waals surface area contributed by atoms with E-state index in [0.717, 1.165) is 27.9 Å². The number of anilines is 1. The molecule has 2 N–H and O–H groups in total. The van der Waals surface area contributed by atoms with Crippen LogP contribution in [0.15, 0.2) is 50.0 Å². The maximum Gasteiger partial charge on any atom is 0.257 e. The van der Waals surface area contributed by atoms with Gasteiger partial charge in [0, 0.05) is 33.8 Å². The summed E-state index contributed by atoms with van der Waals surface area (Å²) in [5, 5.41) is 3.98. The minimum absolute atomic E-state index is 0.102.